The number of nitrogens with two attached hydrogens (primary N) is 1. The largest absolute Gasteiger partial charge is 0.443 e. The molecule has 0 amide bonds. The minimum Gasteiger partial charge on any atom is -0.443 e. The molecule has 0 unspecified atom stereocenters. The highest BCUT2D eigenvalue weighted by atomic mass is 16.3. The van der Waals surface area contributed by atoms with E-state index in [-0.39, 0.29) is 5.95 Å². The van der Waals surface area contributed by atoms with Crippen molar-refractivity contribution in [1.29, 1.82) is 5.26 Å². The quantitative estimate of drug-likeness (QED) is 0.465. The van der Waals surface area contributed by atoms with E-state index in [0.717, 1.165) is 11.3 Å². The fourth-order valence-corrected chi connectivity index (χ4v) is 3.62. The Morgan fingerprint density at radius 3 is 2.75 bits per heavy atom. The van der Waals surface area contributed by atoms with Crippen molar-refractivity contribution in [3.05, 3.63) is 77.3 Å². The lowest BCUT2D eigenvalue weighted by Crippen LogP contribution is -2.06. The fourth-order valence-electron chi connectivity index (χ4n) is 3.62. The lowest BCUT2D eigenvalue weighted by Gasteiger charge is -2.10. The van der Waals surface area contributed by atoms with Crippen molar-refractivity contribution in [1.82, 2.24) is 29.5 Å². The van der Waals surface area contributed by atoms with Gasteiger partial charge in [-0.3, -0.25) is 4.98 Å². The van der Waals surface area contributed by atoms with Crippen molar-refractivity contribution in [2.24, 2.45) is 0 Å². The molecule has 0 bridgehead atoms. The molecule has 4 heterocycles. The van der Waals surface area contributed by atoms with Crippen molar-refractivity contribution in [3.8, 4) is 28.7 Å². The van der Waals surface area contributed by atoms with Crippen LogP contribution < -0.4 is 5.73 Å². The third kappa shape index (κ3) is 3.24. The normalized spacial score (nSPS) is 11.0. The highest BCUT2D eigenvalue weighted by Crippen LogP contribution is 2.36. The second-order valence-corrected chi connectivity index (χ2v) is 7.36. The van der Waals surface area contributed by atoms with Gasteiger partial charge in [-0.1, -0.05) is 18.2 Å². The van der Waals surface area contributed by atoms with Gasteiger partial charge in [0.2, 0.25) is 5.95 Å². The number of fused-ring (bicyclic) bond motifs is 1. The Balaban J connectivity index is 1.77. The maximum absolute atomic E-state index is 9.34. The average Bonchev–Trinajstić information content (AvgIpc) is 3.42. The first-order valence-corrected chi connectivity index (χ1v) is 9.91. The van der Waals surface area contributed by atoms with Crippen LogP contribution in [0.5, 0.6) is 0 Å². The SMILES string of the molecule is Cc1cccnc1Cc1nc2c(-c3ocnc3C)c(-c3cccc(C#N)c3)nc(N)n2n1. The summed E-state index contributed by atoms with van der Waals surface area (Å²) < 4.78 is 7.22. The fraction of sp³-hybridized carbons (Fsp3) is 0.130. The van der Waals surface area contributed by atoms with Crippen LogP contribution in [0, 0.1) is 25.2 Å². The van der Waals surface area contributed by atoms with E-state index in [9.17, 15) is 5.26 Å². The Bertz CT molecular complexity index is 1510. The smallest absolute Gasteiger partial charge is 0.223 e. The number of pyridine rings is 1. The molecule has 0 aliphatic carbocycles. The number of hydrogen-bond acceptors (Lipinski definition) is 8. The third-order valence-corrected chi connectivity index (χ3v) is 5.24. The van der Waals surface area contributed by atoms with E-state index < -0.39 is 0 Å². The first kappa shape index (κ1) is 19.4. The van der Waals surface area contributed by atoms with Crippen LogP contribution in [0.15, 0.2) is 53.4 Å². The van der Waals surface area contributed by atoms with Gasteiger partial charge >= 0.3 is 0 Å². The molecule has 5 rings (SSSR count). The van der Waals surface area contributed by atoms with E-state index in [1.54, 1.807) is 24.4 Å². The minimum absolute atomic E-state index is 0.176. The summed E-state index contributed by atoms with van der Waals surface area (Å²) in [7, 11) is 0. The lowest BCUT2D eigenvalue weighted by atomic mass is 10.0. The van der Waals surface area contributed by atoms with Gasteiger partial charge in [-0.2, -0.15) is 9.78 Å². The molecule has 0 spiro atoms. The number of nitrogens with zero attached hydrogens (tertiary/aromatic N) is 7. The number of hydrogen-bond donors (Lipinski definition) is 1. The number of anilines is 1. The maximum atomic E-state index is 9.34. The molecule has 2 N–H and O–H groups in total. The topological polar surface area (TPSA) is 132 Å². The number of benzene rings is 1. The summed E-state index contributed by atoms with van der Waals surface area (Å²) in [6.45, 7) is 3.84. The summed E-state index contributed by atoms with van der Waals surface area (Å²) in [6, 6.07) is 13.2. The van der Waals surface area contributed by atoms with E-state index in [2.05, 4.69) is 26.1 Å². The maximum Gasteiger partial charge on any atom is 0.223 e. The second-order valence-electron chi connectivity index (χ2n) is 7.36. The molecule has 9 heteroatoms. The Kier molecular flexibility index (Phi) is 4.60. The van der Waals surface area contributed by atoms with Crippen molar-refractivity contribution >= 4 is 11.6 Å². The molecular formula is C23H18N8O. The van der Waals surface area contributed by atoms with Gasteiger partial charge < -0.3 is 10.2 Å². The van der Waals surface area contributed by atoms with Crippen LogP contribution in [-0.2, 0) is 6.42 Å². The second kappa shape index (κ2) is 7.59. The molecule has 0 saturated carbocycles. The highest BCUT2D eigenvalue weighted by molar-refractivity contribution is 5.89. The Labute approximate surface area is 183 Å². The molecule has 4 aromatic heterocycles. The van der Waals surface area contributed by atoms with Gasteiger partial charge in [-0.25, -0.2) is 15.0 Å². The first-order chi connectivity index (χ1) is 15.5. The molecular weight excluding hydrogens is 404 g/mol. The van der Waals surface area contributed by atoms with Crippen molar-refractivity contribution in [3.63, 3.8) is 0 Å². The van der Waals surface area contributed by atoms with Crippen molar-refractivity contribution in [2.75, 3.05) is 5.73 Å². The van der Waals surface area contributed by atoms with Crippen LogP contribution >= 0.6 is 0 Å². The minimum atomic E-state index is 0.176. The molecule has 5 aromatic rings. The van der Waals surface area contributed by atoms with Crippen LogP contribution in [0.4, 0.5) is 5.95 Å². The van der Waals surface area contributed by atoms with Gasteiger partial charge in [0.15, 0.2) is 23.6 Å². The van der Waals surface area contributed by atoms with E-state index in [1.807, 2.05) is 32.0 Å². The Morgan fingerprint density at radius 1 is 1.12 bits per heavy atom. The molecule has 156 valence electrons. The molecule has 0 aliphatic heterocycles. The number of aryl methyl sites for hydroxylation is 2. The van der Waals surface area contributed by atoms with Gasteiger partial charge in [0.05, 0.1) is 40.7 Å². The van der Waals surface area contributed by atoms with Crippen LogP contribution in [0.1, 0.15) is 28.3 Å². The van der Waals surface area contributed by atoms with Crippen LogP contribution in [0.3, 0.4) is 0 Å². The number of nitriles is 1. The number of oxazole rings is 1. The molecule has 1 aromatic carbocycles. The van der Waals surface area contributed by atoms with Gasteiger partial charge in [0.25, 0.3) is 0 Å². The monoisotopic (exact) mass is 422 g/mol. The zero-order valence-corrected chi connectivity index (χ0v) is 17.4. The number of rotatable bonds is 4. The average molecular weight is 422 g/mol. The molecule has 0 fully saturated rings. The molecule has 0 atom stereocenters. The molecule has 0 aliphatic rings. The first-order valence-electron chi connectivity index (χ1n) is 9.91. The zero-order valence-electron chi connectivity index (χ0n) is 17.4. The van der Waals surface area contributed by atoms with E-state index in [1.165, 1.54) is 10.9 Å². The summed E-state index contributed by atoms with van der Waals surface area (Å²) in [6.07, 6.45) is 3.57. The Morgan fingerprint density at radius 2 is 2.00 bits per heavy atom. The van der Waals surface area contributed by atoms with Crippen LogP contribution in [-0.4, -0.2) is 29.5 Å². The van der Waals surface area contributed by atoms with Gasteiger partial charge in [-0.05, 0) is 37.6 Å². The predicted molar refractivity (Wildman–Crippen MR) is 117 cm³/mol. The highest BCUT2D eigenvalue weighted by Gasteiger charge is 2.24. The summed E-state index contributed by atoms with van der Waals surface area (Å²) in [5.74, 6) is 1.25. The zero-order chi connectivity index (χ0) is 22.2. The summed E-state index contributed by atoms with van der Waals surface area (Å²) in [4.78, 5) is 18.1. The molecule has 9 nitrogen and oxygen atoms in total. The third-order valence-electron chi connectivity index (χ3n) is 5.24. The number of aromatic nitrogens is 6. The van der Waals surface area contributed by atoms with Gasteiger partial charge in [0, 0.05) is 11.8 Å². The van der Waals surface area contributed by atoms with E-state index in [0.29, 0.717) is 51.7 Å². The predicted octanol–water partition coefficient (Wildman–Crippen LogP) is 3.50. The lowest BCUT2D eigenvalue weighted by molar-refractivity contribution is 0.571. The number of nitrogen functional groups attached to an aromatic ring is 1. The Hall–Kier alpha value is -4.58. The molecule has 0 saturated heterocycles. The standard InChI is InChI=1S/C23H18N8O/c1-13-5-4-8-26-17(13)10-18-28-22-19(21-14(2)27-12-32-21)20(29-23(25)31(22)30-18)16-7-3-6-15(9-16)11-24/h3-9,12H,10H2,1-2H3,(H2,25,29). The summed E-state index contributed by atoms with van der Waals surface area (Å²) >= 11 is 0. The summed E-state index contributed by atoms with van der Waals surface area (Å²) in [5, 5.41) is 13.9. The molecule has 0 radical (unpaired) electrons. The summed E-state index contributed by atoms with van der Waals surface area (Å²) in [5.41, 5.74) is 11.8. The van der Waals surface area contributed by atoms with Gasteiger partial charge in [0.1, 0.15) is 0 Å². The molecule has 32 heavy (non-hydrogen) atoms. The van der Waals surface area contributed by atoms with E-state index >= 15 is 0 Å². The van der Waals surface area contributed by atoms with E-state index in [4.69, 9.17) is 15.1 Å². The van der Waals surface area contributed by atoms with Crippen LogP contribution in [0.2, 0.25) is 0 Å². The van der Waals surface area contributed by atoms with Crippen molar-refractivity contribution in [2.45, 2.75) is 20.3 Å². The van der Waals surface area contributed by atoms with Crippen LogP contribution in [0.25, 0.3) is 28.2 Å². The van der Waals surface area contributed by atoms with Crippen molar-refractivity contribution < 1.29 is 4.42 Å². The van der Waals surface area contributed by atoms with Gasteiger partial charge in [-0.15, -0.1) is 5.10 Å².